The van der Waals surface area contributed by atoms with Gasteiger partial charge in [-0.15, -0.1) is 0 Å². The van der Waals surface area contributed by atoms with Crippen LogP contribution in [-0.4, -0.2) is 34.5 Å². The lowest BCUT2D eigenvalue weighted by atomic mass is 9.95. The Morgan fingerprint density at radius 1 is 1.59 bits per heavy atom. The molecule has 1 fully saturated rings. The van der Waals surface area contributed by atoms with E-state index >= 15 is 0 Å². The van der Waals surface area contributed by atoms with Crippen LogP contribution >= 0.6 is 0 Å². The van der Waals surface area contributed by atoms with E-state index in [9.17, 15) is 14.4 Å². The van der Waals surface area contributed by atoms with Crippen LogP contribution in [-0.2, 0) is 14.4 Å². The van der Waals surface area contributed by atoms with Crippen LogP contribution in [0, 0.1) is 0 Å². The van der Waals surface area contributed by atoms with Gasteiger partial charge >= 0.3 is 5.97 Å². The predicted octanol–water partition coefficient (Wildman–Crippen LogP) is 0.0246. The van der Waals surface area contributed by atoms with E-state index < -0.39 is 23.5 Å². The highest BCUT2D eigenvalue weighted by atomic mass is 16.4. The summed E-state index contributed by atoms with van der Waals surface area (Å²) in [4.78, 5) is 33.9. The molecule has 0 radical (unpaired) electrons. The maximum Gasteiger partial charge on any atom is 0.329 e. The SMILES string of the molecule is CCCC(C)(NC(=O)[C@@H]1CCC(=O)N1)C(=O)O. The van der Waals surface area contributed by atoms with Crippen LogP contribution in [0.25, 0.3) is 0 Å². The first kappa shape index (κ1) is 13.5. The zero-order valence-corrected chi connectivity index (χ0v) is 10.1. The summed E-state index contributed by atoms with van der Waals surface area (Å²) in [7, 11) is 0. The first-order chi connectivity index (χ1) is 7.89. The van der Waals surface area contributed by atoms with Crippen molar-refractivity contribution in [2.24, 2.45) is 0 Å². The first-order valence-electron chi connectivity index (χ1n) is 5.74. The molecule has 1 aliphatic heterocycles. The summed E-state index contributed by atoms with van der Waals surface area (Å²) in [5, 5.41) is 14.1. The third kappa shape index (κ3) is 3.18. The molecule has 0 saturated carbocycles. The number of aliphatic carboxylic acids is 1. The molecule has 17 heavy (non-hydrogen) atoms. The first-order valence-corrected chi connectivity index (χ1v) is 5.74. The van der Waals surface area contributed by atoms with Gasteiger partial charge in [0.15, 0.2) is 0 Å². The number of carboxylic acid groups (broad SMARTS) is 1. The van der Waals surface area contributed by atoms with Crippen LogP contribution in [0.1, 0.15) is 39.5 Å². The minimum absolute atomic E-state index is 0.169. The molecule has 0 aliphatic carbocycles. The Labute approximate surface area is 99.8 Å². The highest BCUT2D eigenvalue weighted by Crippen LogP contribution is 2.14. The molecule has 1 aliphatic rings. The van der Waals surface area contributed by atoms with Gasteiger partial charge in [-0.25, -0.2) is 4.79 Å². The van der Waals surface area contributed by atoms with Crippen molar-refractivity contribution in [3.05, 3.63) is 0 Å². The lowest BCUT2D eigenvalue weighted by molar-refractivity contribution is -0.147. The normalized spacial score (nSPS) is 22.7. The van der Waals surface area contributed by atoms with E-state index in [0.29, 0.717) is 25.7 Å². The fourth-order valence-corrected chi connectivity index (χ4v) is 1.89. The molecule has 6 heteroatoms. The Morgan fingerprint density at radius 2 is 2.24 bits per heavy atom. The van der Waals surface area contributed by atoms with E-state index in [4.69, 9.17) is 5.11 Å². The molecule has 2 atom stereocenters. The lowest BCUT2D eigenvalue weighted by Gasteiger charge is -2.27. The fourth-order valence-electron chi connectivity index (χ4n) is 1.89. The lowest BCUT2D eigenvalue weighted by Crippen LogP contribution is -2.56. The van der Waals surface area contributed by atoms with Gasteiger partial charge in [0.25, 0.3) is 0 Å². The highest BCUT2D eigenvalue weighted by Gasteiger charge is 2.37. The van der Waals surface area contributed by atoms with Gasteiger partial charge in [-0.2, -0.15) is 0 Å². The van der Waals surface area contributed by atoms with Crippen LogP contribution in [0.2, 0.25) is 0 Å². The van der Waals surface area contributed by atoms with Crippen molar-refractivity contribution >= 4 is 17.8 Å². The van der Waals surface area contributed by atoms with Crippen LogP contribution in [0.4, 0.5) is 0 Å². The van der Waals surface area contributed by atoms with Gasteiger partial charge in [0.2, 0.25) is 11.8 Å². The summed E-state index contributed by atoms with van der Waals surface area (Å²) in [6, 6.07) is -0.599. The summed E-state index contributed by atoms with van der Waals surface area (Å²) in [6.45, 7) is 3.33. The fraction of sp³-hybridized carbons (Fsp3) is 0.727. The number of nitrogens with one attached hydrogen (secondary N) is 2. The Bertz CT molecular complexity index is 342. The second-order valence-electron chi connectivity index (χ2n) is 4.54. The highest BCUT2D eigenvalue weighted by molar-refractivity contribution is 5.93. The molecule has 1 unspecified atom stereocenters. The van der Waals surface area contributed by atoms with Crippen LogP contribution in [0.15, 0.2) is 0 Å². The monoisotopic (exact) mass is 242 g/mol. The largest absolute Gasteiger partial charge is 0.480 e. The Morgan fingerprint density at radius 3 is 2.65 bits per heavy atom. The number of amides is 2. The standard InChI is InChI=1S/C11H18N2O4/c1-3-6-11(2,10(16)17)13-9(15)7-4-5-8(14)12-7/h7H,3-6H2,1-2H3,(H,12,14)(H,13,15)(H,16,17)/t7-,11?/m0/s1. The van der Waals surface area contributed by atoms with Gasteiger partial charge in [-0.05, 0) is 19.8 Å². The number of carboxylic acids is 1. The molecule has 96 valence electrons. The van der Waals surface area contributed by atoms with Crippen molar-refractivity contribution in [3.8, 4) is 0 Å². The molecule has 1 saturated heterocycles. The molecule has 0 bridgehead atoms. The second-order valence-corrected chi connectivity index (χ2v) is 4.54. The average molecular weight is 242 g/mol. The van der Waals surface area contributed by atoms with Gasteiger partial charge in [0, 0.05) is 6.42 Å². The molecule has 6 nitrogen and oxygen atoms in total. The Balaban J connectivity index is 2.64. The third-order valence-electron chi connectivity index (χ3n) is 2.93. The third-order valence-corrected chi connectivity index (χ3v) is 2.93. The summed E-state index contributed by atoms with van der Waals surface area (Å²) in [5.41, 5.74) is -1.26. The topological polar surface area (TPSA) is 95.5 Å². The average Bonchev–Trinajstić information content (AvgIpc) is 2.65. The van der Waals surface area contributed by atoms with Gasteiger partial charge < -0.3 is 15.7 Å². The van der Waals surface area contributed by atoms with Gasteiger partial charge in [0.1, 0.15) is 11.6 Å². The number of hydrogen-bond acceptors (Lipinski definition) is 3. The number of rotatable bonds is 5. The Hall–Kier alpha value is -1.59. The molecule has 1 heterocycles. The van der Waals surface area contributed by atoms with Crippen molar-refractivity contribution in [1.29, 1.82) is 0 Å². The predicted molar refractivity (Wildman–Crippen MR) is 60.3 cm³/mol. The summed E-state index contributed by atoms with van der Waals surface area (Å²) in [5.74, 6) is -1.65. The molecule has 0 aromatic carbocycles. The molecular formula is C11H18N2O4. The molecule has 3 N–H and O–H groups in total. The zero-order chi connectivity index (χ0) is 13.1. The Kier molecular flexibility index (Phi) is 4.09. The van der Waals surface area contributed by atoms with Crippen molar-refractivity contribution in [2.45, 2.75) is 51.1 Å². The van der Waals surface area contributed by atoms with Crippen LogP contribution < -0.4 is 10.6 Å². The van der Waals surface area contributed by atoms with E-state index in [2.05, 4.69) is 10.6 Å². The van der Waals surface area contributed by atoms with Crippen molar-refractivity contribution in [2.75, 3.05) is 0 Å². The van der Waals surface area contributed by atoms with Crippen molar-refractivity contribution < 1.29 is 19.5 Å². The van der Waals surface area contributed by atoms with E-state index in [1.54, 1.807) is 0 Å². The number of carbonyl (C=O) groups excluding carboxylic acids is 2. The van der Waals surface area contributed by atoms with Gasteiger partial charge in [-0.1, -0.05) is 13.3 Å². The molecular weight excluding hydrogens is 224 g/mol. The van der Waals surface area contributed by atoms with Crippen molar-refractivity contribution in [3.63, 3.8) is 0 Å². The van der Waals surface area contributed by atoms with E-state index in [-0.39, 0.29) is 5.91 Å². The smallest absolute Gasteiger partial charge is 0.329 e. The molecule has 0 aromatic rings. The van der Waals surface area contributed by atoms with E-state index in [1.165, 1.54) is 6.92 Å². The summed E-state index contributed by atoms with van der Waals surface area (Å²) >= 11 is 0. The van der Waals surface area contributed by atoms with E-state index in [1.807, 2.05) is 6.92 Å². The minimum Gasteiger partial charge on any atom is -0.480 e. The molecule has 2 amide bonds. The second kappa shape index (κ2) is 5.16. The summed E-state index contributed by atoms with van der Waals surface area (Å²) < 4.78 is 0. The molecule has 1 rings (SSSR count). The molecule has 0 spiro atoms. The number of hydrogen-bond donors (Lipinski definition) is 3. The van der Waals surface area contributed by atoms with Gasteiger partial charge in [0.05, 0.1) is 0 Å². The van der Waals surface area contributed by atoms with Gasteiger partial charge in [-0.3, -0.25) is 9.59 Å². The van der Waals surface area contributed by atoms with Crippen LogP contribution in [0.3, 0.4) is 0 Å². The summed E-state index contributed by atoms with van der Waals surface area (Å²) in [6.07, 6.45) is 1.75. The quantitative estimate of drug-likeness (QED) is 0.633. The maximum atomic E-state index is 11.8. The maximum absolute atomic E-state index is 11.8. The van der Waals surface area contributed by atoms with E-state index in [0.717, 1.165) is 0 Å². The van der Waals surface area contributed by atoms with Crippen LogP contribution in [0.5, 0.6) is 0 Å². The minimum atomic E-state index is -1.26. The molecule has 0 aromatic heterocycles. The van der Waals surface area contributed by atoms with Crippen molar-refractivity contribution in [1.82, 2.24) is 10.6 Å². The number of carbonyl (C=O) groups is 3. The zero-order valence-electron chi connectivity index (χ0n) is 10.1.